The van der Waals surface area contributed by atoms with E-state index in [-0.39, 0.29) is 30.1 Å². The Kier molecular flexibility index (Phi) is 4.35. The number of esters is 1. The maximum Gasteiger partial charge on any atom is 0.337 e. The molecule has 0 bridgehead atoms. The average Bonchev–Trinajstić information content (AvgIpc) is 2.53. The number of nitriles is 1. The monoisotopic (exact) mass is 291 g/mol. The van der Waals surface area contributed by atoms with E-state index in [1.807, 2.05) is 6.07 Å². The third-order valence-corrected chi connectivity index (χ3v) is 3.14. The Bertz CT molecular complexity index is 610. The van der Waals surface area contributed by atoms with Gasteiger partial charge in [-0.05, 0) is 12.1 Å². The van der Waals surface area contributed by atoms with Gasteiger partial charge >= 0.3 is 5.97 Å². The first kappa shape index (κ1) is 14.7. The lowest BCUT2D eigenvalue weighted by Gasteiger charge is -2.31. The molecule has 8 nitrogen and oxygen atoms in total. The summed E-state index contributed by atoms with van der Waals surface area (Å²) < 4.78 is 9.83. The van der Waals surface area contributed by atoms with E-state index in [1.165, 1.54) is 25.3 Å². The molecular formula is C13H13N3O5. The lowest BCUT2D eigenvalue weighted by Crippen LogP contribution is -2.42. The highest BCUT2D eigenvalue weighted by Gasteiger charge is 2.27. The number of nitrogens with zero attached hydrogens (tertiary/aromatic N) is 3. The highest BCUT2D eigenvalue weighted by atomic mass is 16.6. The number of anilines is 1. The third-order valence-electron chi connectivity index (χ3n) is 3.14. The first-order valence-corrected chi connectivity index (χ1v) is 6.19. The van der Waals surface area contributed by atoms with Gasteiger partial charge in [0.1, 0.15) is 5.69 Å². The summed E-state index contributed by atoms with van der Waals surface area (Å²) >= 11 is 0. The summed E-state index contributed by atoms with van der Waals surface area (Å²) in [6.45, 7) is 0.906. The SMILES string of the molecule is COC(=O)c1ccc([N+](=O)[O-])c(N2CCOC(C#N)C2)c1. The molecule has 1 unspecified atom stereocenters. The van der Waals surface area contributed by atoms with Crippen LogP contribution in [0.1, 0.15) is 10.4 Å². The van der Waals surface area contributed by atoms with Crippen LogP contribution in [0.4, 0.5) is 11.4 Å². The zero-order chi connectivity index (χ0) is 15.4. The Labute approximate surface area is 120 Å². The largest absolute Gasteiger partial charge is 0.465 e. The van der Waals surface area contributed by atoms with Crippen molar-refractivity contribution < 1.29 is 19.2 Å². The lowest BCUT2D eigenvalue weighted by atomic mass is 10.1. The first-order chi connectivity index (χ1) is 10.1. The lowest BCUT2D eigenvalue weighted by molar-refractivity contribution is -0.384. The van der Waals surface area contributed by atoms with Crippen LogP contribution >= 0.6 is 0 Å². The van der Waals surface area contributed by atoms with E-state index in [2.05, 4.69) is 4.74 Å². The zero-order valence-corrected chi connectivity index (χ0v) is 11.3. The van der Waals surface area contributed by atoms with E-state index in [1.54, 1.807) is 4.90 Å². The Balaban J connectivity index is 2.41. The molecule has 0 amide bonds. The van der Waals surface area contributed by atoms with Crippen LogP contribution in [0.5, 0.6) is 0 Å². The maximum atomic E-state index is 11.6. The molecule has 0 spiro atoms. The average molecular weight is 291 g/mol. The van der Waals surface area contributed by atoms with E-state index < -0.39 is 17.0 Å². The van der Waals surface area contributed by atoms with Crippen molar-refractivity contribution in [3.8, 4) is 6.07 Å². The molecule has 1 aliphatic rings. The Hall–Kier alpha value is -2.66. The van der Waals surface area contributed by atoms with Gasteiger partial charge in [0.2, 0.25) is 0 Å². The van der Waals surface area contributed by atoms with Crippen molar-refractivity contribution in [2.45, 2.75) is 6.10 Å². The minimum Gasteiger partial charge on any atom is -0.465 e. The smallest absolute Gasteiger partial charge is 0.337 e. The molecule has 1 atom stereocenters. The van der Waals surface area contributed by atoms with Crippen LogP contribution in [0.2, 0.25) is 0 Å². The van der Waals surface area contributed by atoms with Gasteiger partial charge < -0.3 is 14.4 Å². The van der Waals surface area contributed by atoms with Crippen LogP contribution in [0.3, 0.4) is 0 Å². The van der Waals surface area contributed by atoms with Crippen LogP contribution in [0.15, 0.2) is 18.2 Å². The minimum atomic E-state index is -0.653. The normalized spacial score (nSPS) is 17.9. The number of nitro benzene ring substituents is 1. The molecule has 1 fully saturated rings. The van der Waals surface area contributed by atoms with Crippen molar-refractivity contribution in [1.29, 1.82) is 5.26 Å². The van der Waals surface area contributed by atoms with Crippen LogP contribution in [0.25, 0.3) is 0 Å². The number of morpholine rings is 1. The topological polar surface area (TPSA) is 106 Å². The van der Waals surface area contributed by atoms with Gasteiger partial charge in [-0.2, -0.15) is 5.26 Å². The number of rotatable bonds is 3. The van der Waals surface area contributed by atoms with E-state index >= 15 is 0 Å². The molecule has 0 aliphatic carbocycles. The molecule has 1 aliphatic heterocycles. The van der Waals surface area contributed by atoms with Crippen molar-refractivity contribution in [2.24, 2.45) is 0 Å². The predicted octanol–water partition coefficient (Wildman–Crippen LogP) is 1.11. The molecular weight excluding hydrogens is 278 g/mol. The summed E-state index contributed by atoms with van der Waals surface area (Å²) in [4.78, 5) is 23.8. The fourth-order valence-electron chi connectivity index (χ4n) is 2.12. The molecule has 1 aromatic carbocycles. The molecule has 1 aromatic rings. The Morgan fingerprint density at radius 2 is 2.38 bits per heavy atom. The highest BCUT2D eigenvalue weighted by molar-refractivity contribution is 5.91. The van der Waals surface area contributed by atoms with Gasteiger partial charge in [0.25, 0.3) is 5.69 Å². The maximum absolute atomic E-state index is 11.6. The van der Waals surface area contributed by atoms with Gasteiger partial charge in [-0.3, -0.25) is 10.1 Å². The predicted molar refractivity (Wildman–Crippen MR) is 72.0 cm³/mol. The summed E-state index contributed by atoms with van der Waals surface area (Å²) in [6.07, 6.45) is -0.653. The highest BCUT2D eigenvalue weighted by Crippen LogP contribution is 2.30. The molecule has 110 valence electrons. The van der Waals surface area contributed by atoms with Crippen molar-refractivity contribution in [3.63, 3.8) is 0 Å². The first-order valence-electron chi connectivity index (χ1n) is 6.19. The van der Waals surface area contributed by atoms with Gasteiger partial charge in [-0.15, -0.1) is 0 Å². The molecule has 1 heterocycles. The minimum absolute atomic E-state index is 0.124. The molecule has 8 heteroatoms. The quantitative estimate of drug-likeness (QED) is 0.466. The molecule has 2 rings (SSSR count). The fraction of sp³-hybridized carbons (Fsp3) is 0.385. The fourth-order valence-corrected chi connectivity index (χ4v) is 2.12. The summed E-state index contributed by atoms with van der Waals surface area (Å²) in [5.41, 5.74) is 0.380. The van der Waals surface area contributed by atoms with Crippen LogP contribution in [0, 0.1) is 21.4 Å². The number of hydrogen-bond donors (Lipinski definition) is 0. The molecule has 0 radical (unpaired) electrons. The van der Waals surface area contributed by atoms with Crippen molar-refractivity contribution in [1.82, 2.24) is 0 Å². The third kappa shape index (κ3) is 3.09. The molecule has 0 aromatic heterocycles. The number of benzene rings is 1. The van der Waals surface area contributed by atoms with E-state index in [0.29, 0.717) is 6.54 Å². The van der Waals surface area contributed by atoms with Crippen molar-refractivity contribution in [3.05, 3.63) is 33.9 Å². The van der Waals surface area contributed by atoms with Crippen LogP contribution < -0.4 is 4.90 Å². The Morgan fingerprint density at radius 3 is 3.00 bits per heavy atom. The van der Waals surface area contributed by atoms with Gasteiger partial charge in [0.15, 0.2) is 6.10 Å². The second-order valence-corrected chi connectivity index (χ2v) is 4.39. The number of carbonyl (C=O) groups excluding carboxylic acids is 1. The standard InChI is InChI=1S/C13H13N3O5/c1-20-13(17)9-2-3-11(16(18)19)12(6-9)15-4-5-21-10(7-14)8-15/h2-3,6,10H,4-5,8H2,1H3. The summed E-state index contributed by atoms with van der Waals surface area (Å²) in [5, 5.41) is 20.0. The number of hydrogen-bond acceptors (Lipinski definition) is 7. The molecule has 1 saturated heterocycles. The molecule has 21 heavy (non-hydrogen) atoms. The zero-order valence-electron chi connectivity index (χ0n) is 11.3. The van der Waals surface area contributed by atoms with Crippen molar-refractivity contribution >= 4 is 17.3 Å². The van der Waals surface area contributed by atoms with E-state index in [9.17, 15) is 14.9 Å². The second-order valence-electron chi connectivity index (χ2n) is 4.39. The van der Waals surface area contributed by atoms with Crippen LogP contribution in [-0.4, -0.2) is 43.8 Å². The number of nitro groups is 1. The number of methoxy groups -OCH3 is 1. The van der Waals surface area contributed by atoms with Crippen molar-refractivity contribution in [2.75, 3.05) is 31.7 Å². The molecule has 0 N–H and O–H groups in total. The molecule has 0 saturated carbocycles. The number of carbonyl (C=O) groups is 1. The Morgan fingerprint density at radius 1 is 1.62 bits per heavy atom. The van der Waals surface area contributed by atoms with Crippen LogP contribution in [-0.2, 0) is 9.47 Å². The summed E-state index contributed by atoms with van der Waals surface area (Å²) in [5.74, 6) is -0.573. The van der Waals surface area contributed by atoms with E-state index in [4.69, 9.17) is 10.00 Å². The van der Waals surface area contributed by atoms with Gasteiger partial charge in [0.05, 0.1) is 36.8 Å². The summed E-state index contributed by atoms with van der Waals surface area (Å²) in [7, 11) is 1.24. The number of ether oxygens (including phenoxy) is 2. The van der Waals surface area contributed by atoms with Gasteiger partial charge in [-0.25, -0.2) is 4.79 Å². The summed E-state index contributed by atoms with van der Waals surface area (Å²) in [6, 6.07) is 5.99. The van der Waals surface area contributed by atoms with E-state index in [0.717, 1.165) is 0 Å². The second kappa shape index (κ2) is 6.19. The van der Waals surface area contributed by atoms with Gasteiger partial charge in [-0.1, -0.05) is 0 Å². The van der Waals surface area contributed by atoms with Gasteiger partial charge in [0, 0.05) is 12.6 Å².